The Morgan fingerprint density at radius 3 is 2.30 bits per heavy atom. The van der Waals surface area contributed by atoms with E-state index in [2.05, 4.69) is 24.1 Å². The number of amides is 3. The molecule has 3 amide bonds. The Morgan fingerprint density at radius 2 is 1.58 bits per heavy atom. The topological polar surface area (TPSA) is 121 Å². The number of nitrogens with zero attached hydrogens (tertiary/aromatic N) is 5. The van der Waals surface area contributed by atoms with Crippen molar-refractivity contribution in [1.82, 2.24) is 24.6 Å². The first-order valence-electron chi connectivity index (χ1n) is 17.5. The van der Waals surface area contributed by atoms with Crippen molar-refractivity contribution in [2.45, 2.75) is 65.5 Å². The zero-order chi connectivity index (χ0) is 35.2. The largest absolute Gasteiger partial charge is 0.394 e. The molecule has 0 radical (unpaired) electrons. The van der Waals surface area contributed by atoms with E-state index in [1.165, 1.54) is 0 Å². The van der Waals surface area contributed by atoms with Gasteiger partial charge in [-0.2, -0.15) is 5.10 Å². The maximum absolute atomic E-state index is 14.6. The number of aliphatic hydroxyl groups is 1. The summed E-state index contributed by atoms with van der Waals surface area (Å²) >= 11 is 0. The minimum atomic E-state index is -0.438. The number of fused-ring (bicyclic) bond motifs is 2. The third-order valence-electron chi connectivity index (χ3n) is 9.36. The molecule has 10 nitrogen and oxygen atoms in total. The molecular weight excluding hydrogens is 628 g/mol. The van der Waals surface area contributed by atoms with E-state index in [1.54, 1.807) is 46.1 Å². The van der Waals surface area contributed by atoms with E-state index >= 15 is 0 Å². The standard InChI is InChI=1S/C40H44N6O4/c1-4-6-18-44(19-7-5-2)40(50)36-20-27(3)46(43-36)37-17-16-32(42-38(48)35-22-29-13-8-10-14-30(29)24-41-35)23-34(37)39(49)45-25-31-15-11-9-12-28(31)21-33(45)26-47/h8-17,20,22-24,33,47H,4-7,18-19,21,25-26H2,1-3H3,(H,42,48)/t33-/m0/s1. The van der Waals surface area contributed by atoms with Gasteiger partial charge in [0.15, 0.2) is 5.69 Å². The maximum atomic E-state index is 14.6. The second-order valence-corrected chi connectivity index (χ2v) is 12.9. The molecule has 2 aromatic heterocycles. The number of unbranched alkanes of at least 4 members (excludes halogenated alkanes) is 2. The maximum Gasteiger partial charge on any atom is 0.274 e. The van der Waals surface area contributed by atoms with Crippen LogP contribution in [0.15, 0.2) is 85.1 Å². The average molecular weight is 673 g/mol. The predicted molar refractivity (Wildman–Crippen MR) is 195 cm³/mol. The van der Waals surface area contributed by atoms with Gasteiger partial charge in [0.2, 0.25) is 0 Å². The number of benzene rings is 3. The van der Waals surface area contributed by atoms with Gasteiger partial charge in [-0.1, -0.05) is 75.2 Å². The van der Waals surface area contributed by atoms with E-state index in [-0.39, 0.29) is 29.7 Å². The zero-order valence-electron chi connectivity index (χ0n) is 28.9. The highest BCUT2D eigenvalue weighted by atomic mass is 16.3. The summed E-state index contributed by atoms with van der Waals surface area (Å²) < 4.78 is 1.63. The average Bonchev–Trinajstić information content (AvgIpc) is 3.54. The lowest BCUT2D eigenvalue weighted by molar-refractivity contribution is 0.0544. The number of anilines is 1. The number of hydrogen-bond acceptors (Lipinski definition) is 6. The summed E-state index contributed by atoms with van der Waals surface area (Å²) in [6.07, 6.45) is 5.94. The molecule has 0 bridgehead atoms. The number of aliphatic hydroxyl groups excluding tert-OH is 1. The van der Waals surface area contributed by atoms with Gasteiger partial charge in [0.25, 0.3) is 17.7 Å². The molecule has 10 heteroatoms. The molecule has 0 saturated heterocycles. The van der Waals surface area contributed by atoms with E-state index in [1.807, 2.05) is 60.4 Å². The Balaban J connectivity index is 1.38. The van der Waals surface area contributed by atoms with E-state index in [0.717, 1.165) is 47.6 Å². The normalized spacial score (nSPS) is 14.0. The number of rotatable bonds is 12. The number of nitrogens with one attached hydrogen (secondary N) is 1. The van der Waals surface area contributed by atoms with Gasteiger partial charge in [-0.3, -0.25) is 19.4 Å². The predicted octanol–water partition coefficient (Wildman–Crippen LogP) is 6.58. The van der Waals surface area contributed by atoms with Crippen LogP contribution in [0.4, 0.5) is 5.69 Å². The first-order valence-corrected chi connectivity index (χ1v) is 17.5. The van der Waals surface area contributed by atoms with Crippen LogP contribution in [0.3, 0.4) is 0 Å². The first-order chi connectivity index (χ1) is 24.3. The number of carbonyl (C=O) groups excluding carboxylic acids is 3. The summed E-state index contributed by atoms with van der Waals surface area (Å²) in [6, 6.07) is 23.8. The molecule has 1 aliphatic rings. The smallest absolute Gasteiger partial charge is 0.274 e. The van der Waals surface area contributed by atoms with E-state index in [9.17, 15) is 19.5 Å². The van der Waals surface area contributed by atoms with Gasteiger partial charge in [0.1, 0.15) is 5.69 Å². The fraction of sp³-hybridized carbons (Fsp3) is 0.325. The molecule has 0 aliphatic carbocycles. The van der Waals surface area contributed by atoms with Crippen molar-refractivity contribution in [3.8, 4) is 5.69 Å². The van der Waals surface area contributed by atoms with Gasteiger partial charge in [0, 0.05) is 42.6 Å². The lowest BCUT2D eigenvalue weighted by atomic mass is 9.93. The van der Waals surface area contributed by atoms with Gasteiger partial charge in [-0.05, 0) is 73.0 Å². The van der Waals surface area contributed by atoms with Gasteiger partial charge >= 0.3 is 0 Å². The monoisotopic (exact) mass is 672 g/mol. The van der Waals surface area contributed by atoms with Crippen molar-refractivity contribution in [3.63, 3.8) is 0 Å². The molecule has 0 fully saturated rings. The fourth-order valence-electron chi connectivity index (χ4n) is 6.51. The van der Waals surface area contributed by atoms with Crippen LogP contribution in [0.5, 0.6) is 0 Å². The highest BCUT2D eigenvalue weighted by Gasteiger charge is 2.32. The number of aromatic nitrogens is 3. The molecule has 6 rings (SSSR count). The lowest BCUT2D eigenvalue weighted by Gasteiger charge is -2.36. The Kier molecular flexibility index (Phi) is 10.7. The molecule has 0 saturated carbocycles. The van der Waals surface area contributed by atoms with Crippen molar-refractivity contribution in [1.29, 1.82) is 0 Å². The summed E-state index contributed by atoms with van der Waals surface area (Å²) in [5.41, 5.74) is 4.52. The molecular formula is C40H44N6O4. The molecule has 3 heterocycles. The minimum absolute atomic E-state index is 0.138. The van der Waals surface area contributed by atoms with Crippen molar-refractivity contribution >= 4 is 34.2 Å². The molecule has 50 heavy (non-hydrogen) atoms. The lowest BCUT2D eigenvalue weighted by Crippen LogP contribution is -2.46. The zero-order valence-corrected chi connectivity index (χ0v) is 28.9. The molecule has 5 aromatic rings. The van der Waals surface area contributed by atoms with E-state index in [4.69, 9.17) is 5.10 Å². The van der Waals surface area contributed by atoms with Crippen LogP contribution in [0.1, 0.15) is 87.7 Å². The van der Waals surface area contributed by atoms with Crippen LogP contribution in [0.25, 0.3) is 16.5 Å². The molecule has 1 atom stereocenters. The second-order valence-electron chi connectivity index (χ2n) is 12.9. The SMILES string of the molecule is CCCCN(CCCC)C(=O)c1cc(C)n(-c2ccc(NC(=O)c3cc4ccccc4cn3)cc2C(=O)N2Cc3ccccc3C[C@H]2CO)n1. The quantitative estimate of drug-likeness (QED) is 0.155. The van der Waals surface area contributed by atoms with Crippen molar-refractivity contribution < 1.29 is 19.5 Å². The third-order valence-corrected chi connectivity index (χ3v) is 9.36. The highest BCUT2D eigenvalue weighted by Crippen LogP contribution is 2.29. The third kappa shape index (κ3) is 7.30. The minimum Gasteiger partial charge on any atom is -0.394 e. The molecule has 1 aliphatic heterocycles. The van der Waals surface area contributed by atoms with Crippen molar-refractivity contribution in [2.75, 3.05) is 25.0 Å². The molecule has 2 N–H and O–H groups in total. The molecule has 3 aromatic carbocycles. The Morgan fingerprint density at radius 1 is 0.880 bits per heavy atom. The summed E-state index contributed by atoms with van der Waals surface area (Å²) in [7, 11) is 0. The van der Waals surface area contributed by atoms with Crippen molar-refractivity contribution in [2.24, 2.45) is 0 Å². The van der Waals surface area contributed by atoms with Crippen LogP contribution < -0.4 is 5.32 Å². The van der Waals surface area contributed by atoms with Crippen LogP contribution >= 0.6 is 0 Å². The second kappa shape index (κ2) is 15.5. The summed E-state index contributed by atoms with van der Waals surface area (Å²) in [5.74, 6) is -0.866. The van der Waals surface area contributed by atoms with Crippen molar-refractivity contribution in [3.05, 3.63) is 119 Å². The molecule has 258 valence electrons. The van der Waals surface area contributed by atoms with Gasteiger partial charge in [0.05, 0.1) is 23.9 Å². The number of hydrogen-bond donors (Lipinski definition) is 2. The number of pyridine rings is 1. The Bertz CT molecular complexity index is 2010. The van der Waals surface area contributed by atoms with Gasteiger partial charge in [-0.15, -0.1) is 0 Å². The van der Waals surface area contributed by atoms with E-state index in [0.29, 0.717) is 48.8 Å². The Labute approximate surface area is 292 Å². The highest BCUT2D eigenvalue weighted by molar-refractivity contribution is 6.06. The Hall–Kier alpha value is -5.35. The van der Waals surface area contributed by atoms with Gasteiger partial charge < -0.3 is 20.2 Å². The number of carbonyl (C=O) groups is 3. The molecule has 0 spiro atoms. The first kappa shape index (κ1) is 34.5. The summed E-state index contributed by atoms with van der Waals surface area (Å²) in [4.78, 5) is 49.6. The van der Waals surface area contributed by atoms with Crippen LogP contribution in [0, 0.1) is 6.92 Å². The fourth-order valence-corrected chi connectivity index (χ4v) is 6.51. The van der Waals surface area contributed by atoms with Crippen LogP contribution in [-0.2, 0) is 13.0 Å². The van der Waals surface area contributed by atoms with E-state index < -0.39 is 11.9 Å². The van der Waals surface area contributed by atoms with Crippen LogP contribution in [0.2, 0.25) is 0 Å². The summed E-state index contributed by atoms with van der Waals surface area (Å²) in [5, 5.41) is 19.9. The van der Waals surface area contributed by atoms with Crippen LogP contribution in [-0.4, -0.2) is 73.1 Å². The molecule has 0 unspecified atom stereocenters. The number of aryl methyl sites for hydroxylation is 1. The van der Waals surface area contributed by atoms with Gasteiger partial charge in [-0.25, -0.2) is 4.68 Å². The summed E-state index contributed by atoms with van der Waals surface area (Å²) in [6.45, 7) is 7.50.